The first kappa shape index (κ1) is 11.3. The Bertz CT molecular complexity index is 616. The smallest absolute Gasteiger partial charge is 0.317 e. The highest BCUT2D eigenvalue weighted by Gasteiger charge is 2.55. The fourth-order valence-corrected chi connectivity index (χ4v) is 2.16. The first-order valence-corrected chi connectivity index (χ1v) is 5.96. The van der Waals surface area contributed by atoms with E-state index < -0.39 is 11.4 Å². The molecule has 0 atom stereocenters. The van der Waals surface area contributed by atoms with Crippen LogP contribution in [0.3, 0.4) is 0 Å². The van der Waals surface area contributed by atoms with E-state index in [9.17, 15) is 9.90 Å². The van der Waals surface area contributed by atoms with Crippen LogP contribution in [-0.2, 0) is 10.2 Å². The van der Waals surface area contributed by atoms with Crippen LogP contribution < -0.4 is 0 Å². The number of oxazole rings is 1. The first-order chi connectivity index (χ1) is 8.63. The Hall–Kier alpha value is -1.81. The summed E-state index contributed by atoms with van der Waals surface area (Å²) in [7, 11) is 0. The first-order valence-electron chi connectivity index (χ1n) is 5.58. The fraction of sp³-hybridized carbons (Fsp3) is 0.231. The number of nitrogens with zero attached hydrogens (tertiary/aromatic N) is 1. The van der Waals surface area contributed by atoms with E-state index in [-0.39, 0.29) is 0 Å². The van der Waals surface area contributed by atoms with Crippen LogP contribution in [0.1, 0.15) is 18.6 Å². The van der Waals surface area contributed by atoms with Gasteiger partial charge in [0.2, 0.25) is 5.89 Å². The van der Waals surface area contributed by atoms with Gasteiger partial charge in [-0.1, -0.05) is 23.7 Å². The highest BCUT2D eigenvalue weighted by molar-refractivity contribution is 6.33. The molecule has 0 amide bonds. The zero-order valence-electron chi connectivity index (χ0n) is 9.39. The van der Waals surface area contributed by atoms with E-state index in [0.717, 1.165) is 0 Å². The van der Waals surface area contributed by atoms with Crippen molar-refractivity contribution in [1.82, 2.24) is 4.98 Å². The number of hydrogen-bond acceptors (Lipinski definition) is 3. The molecule has 3 rings (SSSR count). The fourth-order valence-electron chi connectivity index (χ4n) is 1.95. The van der Waals surface area contributed by atoms with Crippen molar-refractivity contribution in [3.8, 4) is 11.5 Å². The van der Waals surface area contributed by atoms with Gasteiger partial charge in [-0.05, 0) is 25.0 Å². The van der Waals surface area contributed by atoms with Gasteiger partial charge in [0, 0.05) is 0 Å². The van der Waals surface area contributed by atoms with Crippen LogP contribution in [0.5, 0.6) is 0 Å². The molecule has 0 aliphatic heterocycles. The molecule has 1 heterocycles. The van der Waals surface area contributed by atoms with Gasteiger partial charge in [0.1, 0.15) is 11.2 Å². The summed E-state index contributed by atoms with van der Waals surface area (Å²) in [6.07, 6.45) is 2.68. The molecular formula is C13H10ClNO3. The number of halogens is 1. The number of aliphatic carboxylic acids is 1. The molecular weight excluding hydrogens is 254 g/mol. The van der Waals surface area contributed by atoms with E-state index >= 15 is 0 Å². The number of carboxylic acids is 1. The maximum absolute atomic E-state index is 11.2. The molecule has 0 saturated heterocycles. The van der Waals surface area contributed by atoms with Crippen molar-refractivity contribution < 1.29 is 14.3 Å². The van der Waals surface area contributed by atoms with Gasteiger partial charge < -0.3 is 9.52 Å². The lowest BCUT2D eigenvalue weighted by Gasteiger charge is -2.04. The second-order valence-electron chi connectivity index (χ2n) is 4.40. The average molecular weight is 264 g/mol. The van der Waals surface area contributed by atoms with Gasteiger partial charge in [-0.2, -0.15) is 0 Å². The van der Waals surface area contributed by atoms with E-state index in [1.807, 2.05) is 12.1 Å². The molecule has 0 bridgehead atoms. The van der Waals surface area contributed by atoms with Crippen molar-refractivity contribution in [1.29, 1.82) is 0 Å². The molecule has 18 heavy (non-hydrogen) atoms. The van der Waals surface area contributed by atoms with Gasteiger partial charge in [-0.25, -0.2) is 4.98 Å². The minimum Gasteiger partial charge on any atom is -0.480 e. The second-order valence-corrected chi connectivity index (χ2v) is 4.80. The number of carbonyl (C=O) groups is 1. The van der Waals surface area contributed by atoms with Crippen molar-refractivity contribution in [3.63, 3.8) is 0 Å². The minimum absolute atomic E-state index is 0.364. The predicted molar refractivity (Wildman–Crippen MR) is 65.5 cm³/mol. The molecule has 1 aliphatic rings. The number of aromatic nitrogens is 1. The van der Waals surface area contributed by atoms with E-state index in [1.54, 1.807) is 12.1 Å². The van der Waals surface area contributed by atoms with Crippen molar-refractivity contribution in [3.05, 3.63) is 41.2 Å². The molecule has 5 heteroatoms. The van der Waals surface area contributed by atoms with Crippen LogP contribution in [-0.4, -0.2) is 16.1 Å². The van der Waals surface area contributed by atoms with Gasteiger partial charge in [-0.15, -0.1) is 0 Å². The minimum atomic E-state index is -0.869. The van der Waals surface area contributed by atoms with Gasteiger partial charge in [0.15, 0.2) is 0 Å². The van der Waals surface area contributed by atoms with Crippen LogP contribution in [0.25, 0.3) is 11.5 Å². The number of carboxylic acid groups (broad SMARTS) is 1. The van der Waals surface area contributed by atoms with Gasteiger partial charge in [-0.3, -0.25) is 4.79 Å². The molecule has 1 N–H and O–H groups in total. The van der Waals surface area contributed by atoms with Crippen LogP contribution in [0, 0.1) is 0 Å². The van der Waals surface area contributed by atoms with Crippen LogP contribution in [0.4, 0.5) is 0 Å². The molecule has 0 spiro atoms. The largest absolute Gasteiger partial charge is 0.480 e. The Morgan fingerprint density at radius 1 is 1.39 bits per heavy atom. The summed E-state index contributed by atoms with van der Waals surface area (Å²) < 4.78 is 5.56. The summed E-state index contributed by atoms with van der Waals surface area (Å²) in [6.45, 7) is 0. The molecule has 0 radical (unpaired) electrons. The van der Waals surface area contributed by atoms with E-state index in [2.05, 4.69) is 4.98 Å². The Kier molecular flexibility index (Phi) is 2.41. The highest BCUT2D eigenvalue weighted by atomic mass is 35.5. The lowest BCUT2D eigenvalue weighted by atomic mass is 10.1. The van der Waals surface area contributed by atoms with Crippen molar-refractivity contribution in [2.45, 2.75) is 18.3 Å². The van der Waals surface area contributed by atoms with Gasteiger partial charge in [0.05, 0.1) is 16.8 Å². The van der Waals surface area contributed by atoms with Crippen LogP contribution in [0.15, 0.2) is 34.9 Å². The Labute approximate surface area is 108 Å². The molecule has 0 unspecified atom stereocenters. The third-order valence-corrected chi connectivity index (χ3v) is 3.57. The molecule has 4 nitrogen and oxygen atoms in total. The summed E-state index contributed by atoms with van der Waals surface area (Å²) in [5.74, 6) is -0.0857. The number of rotatable bonds is 3. The quantitative estimate of drug-likeness (QED) is 0.924. The van der Waals surface area contributed by atoms with E-state index in [1.165, 1.54) is 6.20 Å². The number of benzene rings is 1. The molecule has 1 saturated carbocycles. The summed E-state index contributed by atoms with van der Waals surface area (Å²) in [5, 5.41) is 9.71. The summed E-state index contributed by atoms with van der Waals surface area (Å²) in [6, 6.07) is 7.17. The zero-order chi connectivity index (χ0) is 12.8. The predicted octanol–water partition coefficient (Wildman–Crippen LogP) is 3.11. The Balaban J connectivity index is 2.01. The molecule has 1 fully saturated rings. The molecule has 1 aliphatic carbocycles. The molecule has 92 valence electrons. The SMILES string of the molecule is O=C(O)C1(c2cnc(-c3ccccc3Cl)o2)CC1. The molecule has 1 aromatic heterocycles. The highest BCUT2D eigenvalue weighted by Crippen LogP contribution is 2.49. The topological polar surface area (TPSA) is 63.3 Å². The Morgan fingerprint density at radius 3 is 2.72 bits per heavy atom. The van der Waals surface area contributed by atoms with Crippen LogP contribution >= 0.6 is 11.6 Å². The normalized spacial score (nSPS) is 16.5. The summed E-state index contributed by atoms with van der Waals surface area (Å²) >= 11 is 6.04. The lowest BCUT2D eigenvalue weighted by Crippen LogP contribution is -2.18. The maximum Gasteiger partial charge on any atom is 0.317 e. The standard InChI is InChI=1S/C13H10ClNO3/c14-9-4-2-1-3-8(9)11-15-7-10(18-11)13(5-6-13)12(16)17/h1-4,7H,5-6H2,(H,16,17). The van der Waals surface area contributed by atoms with Crippen LogP contribution in [0.2, 0.25) is 5.02 Å². The molecule has 2 aromatic rings. The number of hydrogen-bond donors (Lipinski definition) is 1. The Morgan fingerprint density at radius 2 is 2.11 bits per heavy atom. The summed E-state index contributed by atoms with van der Waals surface area (Å²) in [4.78, 5) is 15.3. The van der Waals surface area contributed by atoms with Gasteiger partial charge in [0.25, 0.3) is 0 Å². The van der Waals surface area contributed by atoms with E-state index in [0.29, 0.717) is 35.1 Å². The summed E-state index contributed by atoms with van der Waals surface area (Å²) in [5.41, 5.74) is -0.196. The lowest BCUT2D eigenvalue weighted by molar-refractivity contribution is -0.140. The van der Waals surface area contributed by atoms with Gasteiger partial charge >= 0.3 is 5.97 Å². The monoisotopic (exact) mass is 263 g/mol. The maximum atomic E-state index is 11.2. The average Bonchev–Trinajstić information content (AvgIpc) is 3.03. The van der Waals surface area contributed by atoms with Crippen molar-refractivity contribution in [2.24, 2.45) is 0 Å². The van der Waals surface area contributed by atoms with Crippen molar-refractivity contribution >= 4 is 17.6 Å². The van der Waals surface area contributed by atoms with Crippen molar-refractivity contribution in [2.75, 3.05) is 0 Å². The third kappa shape index (κ3) is 1.61. The molecule has 1 aromatic carbocycles. The zero-order valence-corrected chi connectivity index (χ0v) is 10.1. The third-order valence-electron chi connectivity index (χ3n) is 3.24. The second kappa shape index (κ2) is 3.85. The van der Waals surface area contributed by atoms with E-state index in [4.69, 9.17) is 16.0 Å².